The maximum atomic E-state index is 13.1. The number of hydrogen-bond donors (Lipinski definition) is 5. The van der Waals surface area contributed by atoms with Crippen molar-refractivity contribution in [3.8, 4) is 11.1 Å². The lowest BCUT2D eigenvalue weighted by molar-refractivity contribution is -0.145. The molecule has 0 aliphatic rings. The number of aryl methyl sites for hydroxylation is 2. The molecule has 0 aliphatic carbocycles. The summed E-state index contributed by atoms with van der Waals surface area (Å²) >= 11 is 0. The van der Waals surface area contributed by atoms with Gasteiger partial charge in [-0.2, -0.15) is 0 Å². The second kappa shape index (κ2) is 24.0. The van der Waals surface area contributed by atoms with Gasteiger partial charge in [0.25, 0.3) is 0 Å². The molecule has 0 aliphatic heterocycles. The molecule has 0 saturated carbocycles. The van der Waals surface area contributed by atoms with Crippen LogP contribution in [0.4, 0.5) is 9.59 Å². The van der Waals surface area contributed by atoms with Crippen LogP contribution in [0, 0.1) is 0 Å². The van der Waals surface area contributed by atoms with E-state index in [1.165, 1.54) is 12.7 Å². The van der Waals surface area contributed by atoms with Crippen LogP contribution in [-0.2, 0) is 41.4 Å². The molecule has 0 bridgehead atoms. The van der Waals surface area contributed by atoms with Gasteiger partial charge >= 0.3 is 18.2 Å². The Bertz CT molecular complexity index is 1480. The van der Waals surface area contributed by atoms with Crippen molar-refractivity contribution in [2.45, 2.75) is 135 Å². The number of carbonyl (C=O) groups excluding carboxylic acids is 5. The van der Waals surface area contributed by atoms with Crippen molar-refractivity contribution in [3.63, 3.8) is 0 Å². The predicted octanol–water partition coefficient (Wildman–Crippen LogP) is 6.10. The molecule has 0 radical (unpaired) electrons. The molecule has 2 rings (SSSR count). The molecule has 0 aromatic heterocycles. The highest BCUT2D eigenvalue weighted by Gasteiger charge is 2.25. The number of alkyl carbamates (subject to hydrolysis) is 2. The van der Waals surface area contributed by atoms with Crippen LogP contribution in [0.5, 0.6) is 0 Å². The van der Waals surface area contributed by atoms with Gasteiger partial charge in [-0.15, -0.1) is 0 Å². The highest BCUT2D eigenvalue weighted by Crippen LogP contribution is 2.22. The molecule has 2 aromatic carbocycles. The summed E-state index contributed by atoms with van der Waals surface area (Å²) in [5, 5.41) is 11.0. The number of unbranched alkanes of at least 4 members (excludes halogenated alkanes) is 3. The minimum atomic E-state index is -0.849. The summed E-state index contributed by atoms with van der Waals surface area (Å²) < 4.78 is 15.5. The molecule has 0 spiro atoms. The summed E-state index contributed by atoms with van der Waals surface area (Å²) in [6, 6.07) is 15.0. The molecule has 6 N–H and O–H groups in total. The Morgan fingerprint density at radius 2 is 1.13 bits per heavy atom. The zero-order chi connectivity index (χ0) is 40.9. The van der Waals surface area contributed by atoms with E-state index in [-0.39, 0.29) is 18.2 Å². The van der Waals surface area contributed by atoms with Gasteiger partial charge < -0.3 is 41.2 Å². The molecular weight excluding hydrogens is 702 g/mol. The lowest BCUT2D eigenvalue weighted by Crippen LogP contribution is -2.48. The average molecular weight is 768 g/mol. The number of amides is 4. The van der Waals surface area contributed by atoms with Crippen LogP contribution in [-0.4, -0.2) is 80.0 Å². The molecule has 4 amide bonds. The maximum absolute atomic E-state index is 13.1. The number of hydrogen-bond acceptors (Lipinski definition) is 9. The molecule has 2 aromatic rings. The monoisotopic (exact) mass is 767 g/mol. The Hall–Kier alpha value is -4.65. The Balaban J connectivity index is 1.81. The first-order chi connectivity index (χ1) is 26.0. The molecule has 13 nitrogen and oxygen atoms in total. The van der Waals surface area contributed by atoms with Gasteiger partial charge in [0.05, 0.1) is 7.11 Å². The van der Waals surface area contributed by atoms with Gasteiger partial charge in [0.1, 0.15) is 23.3 Å². The predicted molar refractivity (Wildman–Crippen MR) is 214 cm³/mol. The average Bonchev–Trinajstić information content (AvgIpc) is 3.11. The number of nitrogens with two attached hydrogens (primary N) is 1. The molecule has 13 heteroatoms. The first-order valence-corrected chi connectivity index (χ1v) is 19.5. The summed E-state index contributed by atoms with van der Waals surface area (Å²) in [6.45, 7) is 11.9. The van der Waals surface area contributed by atoms with E-state index in [1.807, 2.05) is 12.1 Å². The topological polar surface area (TPSA) is 187 Å². The van der Waals surface area contributed by atoms with E-state index in [2.05, 4.69) is 57.7 Å². The Kier molecular flexibility index (Phi) is 20.3. The van der Waals surface area contributed by atoms with Gasteiger partial charge in [0, 0.05) is 19.5 Å². The van der Waals surface area contributed by atoms with Gasteiger partial charge in [-0.25, -0.2) is 14.4 Å². The molecule has 2 atom stereocenters. The van der Waals surface area contributed by atoms with Crippen molar-refractivity contribution in [2.75, 3.05) is 26.7 Å². The van der Waals surface area contributed by atoms with Crippen molar-refractivity contribution in [2.24, 2.45) is 5.73 Å². The molecule has 55 heavy (non-hydrogen) atoms. The molecule has 0 fully saturated rings. The second-order valence-electron chi connectivity index (χ2n) is 15.7. The number of carbonyl (C=O) groups is 5. The van der Waals surface area contributed by atoms with Gasteiger partial charge in [-0.1, -0.05) is 48.5 Å². The Morgan fingerprint density at radius 3 is 1.65 bits per heavy atom. The zero-order valence-corrected chi connectivity index (χ0v) is 34.0. The van der Waals surface area contributed by atoms with Gasteiger partial charge in [-0.3, -0.25) is 9.59 Å². The van der Waals surface area contributed by atoms with E-state index in [0.29, 0.717) is 64.6 Å². The van der Waals surface area contributed by atoms with Crippen LogP contribution in [0.3, 0.4) is 0 Å². The highest BCUT2D eigenvalue weighted by molar-refractivity contribution is 5.86. The van der Waals surface area contributed by atoms with Gasteiger partial charge in [-0.05, 0) is 135 Å². The van der Waals surface area contributed by atoms with Crippen LogP contribution >= 0.6 is 0 Å². The molecule has 0 saturated heterocycles. The van der Waals surface area contributed by atoms with E-state index in [9.17, 15) is 24.0 Å². The Labute approximate surface area is 327 Å². The van der Waals surface area contributed by atoms with Crippen molar-refractivity contribution in [1.29, 1.82) is 0 Å². The van der Waals surface area contributed by atoms with Crippen LogP contribution in [0.25, 0.3) is 11.1 Å². The Morgan fingerprint density at radius 1 is 0.618 bits per heavy atom. The van der Waals surface area contributed by atoms with Crippen molar-refractivity contribution in [1.82, 2.24) is 21.3 Å². The minimum absolute atomic E-state index is 0.212. The lowest BCUT2D eigenvalue weighted by atomic mass is 9.99. The van der Waals surface area contributed by atoms with E-state index in [4.69, 9.17) is 19.9 Å². The quantitative estimate of drug-likeness (QED) is 0.0536. The molecule has 0 heterocycles. The summed E-state index contributed by atoms with van der Waals surface area (Å²) in [5.74, 6) is -1.16. The fraction of sp³-hybridized carbons (Fsp3) is 0.595. The number of nitrogens with one attached hydrogen (secondary N) is 4. The van der Waals surface area contributed by atoms with Crippen LogP contribution < -0.4 is 27.0 Å². The van der Waals surface area contributed by atoms with Crippen molar-refractivity contribution < 1.29 is 38.2 Å². The largest absolute Gasteiger partial charge is 0.467 e. The lowest BCUT2D eigenvalue weighted by Gasteiger charge is -2.23. The smallest absolute Gasteiger partial charge is 0.408 e. The van der Waals surface area contributed by atoms with Crippen LogP contribution in [0.1, 0.15) is 110 Å². The molecule has 306 valence electrons. The minimum Gasteiger partial charge on any atom is -0.467 e. The highest BCUT2D eigenvalue weighted by atomic mass is 16.6. The molecular formula is C42H65N5O8. The fourth-order valence-electron chi connectivity index (χ4n) is 5.62. The van der Waals surface area contributed by atoms with E-state index >= 15 is 0 Å². The van der Waals surface area contributed by atoms with E-state index in [1.54, 1.807) is 41.5 Å². The third-order valence-electron chi connectivity index (χ3n) is 8.44. The van der Waals surface area contributed by atoms with Crippen LogP contribution in [0.2, 0.25) is 0 Å². The first-order valence-electron chi connectivity index (χ1n) is 19.5. The summed E-state index contributed by atoms with van der Waals surface area (Å²) in [7, 11) is 1.28. The van der Waals surface area contributed by atoms with E-state index in [0.717, 1.165) is 36.0 Å². The zero-order valence-electron chi connectivity index (χ0n) is 34.0. The third-order valence-corrected chi connectivity index (χ3v) is 8.44. The van der Waals surface area contributed by atoms with Crippen LogP contribution in [0.15, 0.2) is 48.5 Å². The SMILES string of the molecule is COC(=O)[C@H](CCCCNC(=O)[C@H](CCCCNC(=O)OC(C)(C)C)NC(=O)OC(C)(C)C)NC(=O)CCc1ccc(-c2ccc(CCCCN)cc2)cc1. The van der Waals surface area contributed by atoms with Crippen molar-refractivity contribution in [3.05, 3.63) is 59.7 Å². The number of ether oxygens (including phenoxy) is 3. The third kappa shape index (κ3) is 20.6. The summed E-state index contributed by atoms with van der Waals surface area (Å²) in [4.78, 5) is 62.8. The summed E-state index contributed by atoms with van der Waals surface area (Å²) in [5.41, 5.74) is 8.80. The fourth-order valence-corrected chi connectivity index (χ4v) is 5.62. The number of methoxy groups -OCH3 is 1. The summed E-state index contributed by atoms with van der Waals surface area (Å²) in [6.07, 6.45) is 5.45. The normalized spacial score (nSPS) is 12.5. The second-order valence-corrected chi connectivity index (χ2v) is 15.7. The number of rotatable bonds is 22. The van der Waals surface area contributed by atoms with Crippen molar-refractivity contribution >= 4 is 30.0 Å². The molecule has 0 unspecified atom stereocenters. The number of esters is 1. The standard InChI is InChI=1S/C42H65N5O8/c1-41(2,3)54-39(51)45-29-13-9-15-34(47-40(52)55-42(4,5)6)37(49)44-28-12-10-16-35(38(50)53-7)46-36(48)26-21-31-19-24-33(25-20-31)32-22-17-30(18-23-32)14-8-11-27-43/h17-20,22-25,34-35H,8-16,21,26-29,43H2,1-7H3,(H,44,49)(H,45,51)(H,46,48)(H,47,52)/t34-,35-/m0/s1. The van der Waals surface area contributed by atoms with Gasteiger partial charge in [0.2, 0.25) is 11.8 Å². The van der Waals surface area contributed by atoms with E-state index < -0.39 is 41.4 Å². The first kappa shape index (κ1) is 46.5. The number of benzene rings is 2. The van der Waals surface area contributed by atoms with Gasteiger partial charge in [0.15, 0.2) is 0 Å². The maximum Gasteiger partial charge on any atom is 0.408 e.